The fraction of sp³-hybridized carbons (Fsp3) is 0.500. The first-order valence-corrected chi connectivity index (χ1v) is 2.09. The highest BCUT2D eigenvalue weighted by molar-refractivity contribution is 5.52. The Morgan fingerprint density at radius 3 is 1.55 bits per heavy atom. The lowest BCUT2D eigenvalue weighted by molar-refractivity contribution is -0.269. The van der Waals surface area contributed by atoms with Crippen molar-refractivity contribution in [1.82, 2.24) is 0 Å². The number of hydrogen-bond donors (Lipinski definition) is 0. The van der Waals surface area contributed by atoms with Gasteiger partial charge in [-0.25, -0.2) is 4.79 Å². The van der Waals surface area contributed by atoms with E-state index in [9.17, 15) is 26.3 Å². The average molecular weight is 178 g/mol. The van der Waals surface area contributed by atoms with Gasteiger partial charge in [-0.3, -0.25) is 0 Å². The number of hydrogen-bond acceptors (Lipinski definition) is 1. The van der Waals surface area contributed by atoms with Gasteiger partial charge in [-0.1, -0.05) is 0 Å². The van der Waals surface area contributed by atoms with Crippen molar-refractivity contribution in [3.8, 4) is 0 Å². The summed E-state index contributed by atoms with van der Waals surface area (Å²) in [4.78, 5) is 9.08. The number of rotatable bonds is 1. The zero-order valence-electron chi connectivity index (χ0n) is 4.68. The Labute approximate surface area is 56.3 Å². The lowest BCUT2D eigenvalue weighted by atomic mass is 10.3. The highest BCUT2D eigenvalue weighted by Crippen LogP contribution is 2.40. The molecule has 0 aliphatic rings. The third kappa shape index (κ3) is 1.74. The van der Waals surface area contributed by atoms with Crippen LogP contribution in [0.2, 0.25) is 0 Å². The maximum atomic E-state index is 11.5. The molecular weight excluding hydrogens is 178 g/mol. The van der Waals surface area contributed by atoms with Gasteiger partial charge >= 0.3 is 12.1 Å². The molecule has 0 amide bonds. The molecule has 0 spiro atoms. The topological polar surface area (TPSA) is 17.1 Å². The Bertz CT molecular complexity index is 197. The van der Waals surface area contributed by atoms with Gasteiger partial charge in [0.1, 0.15) is 0 Å². The van der Waals surface area contributed by atoms with E-state index < -0.39 is 17.9 Å². The highest BCUT2D eigenvalue weighted by atomic mass is 19.4. The first-order valence-electron chi connectivity index (χ1n) is 2.09. The lowest BCUT2D eigenvalue weighted by Gasteiger charge is -2.14. The quantitative estimate of drug-likeness (QED) is 0.442. The van der Waals surface area contributed by atoms with Crippen LogP contribution in [0.15, 0.2) is 5.83 Å². The molecule has 0 aliphatic carbocycles. The van der Waals surface area contributed by atoms with E-state index in [0.717, 1.165) is 0 Å². The molecule has 11 heavy (non-hydrogen) atoms. The van der Waals surface area contributed by atoms with Gasteiger partial charge in [0, 0.05) is 0 Å². The van der Waals surface area contributed by atoms with Crippen molar-refractivity contribution in [1.29, 1.82) is 0 Å². The summed E-state index contributed by atoms with van der Waals surface area (Å²) in [6, 6.07) is 0. The van der Waals surface area contributed by atoms with Gasteiger partial charge < -0.3 is 0 Å². The normalized spacial score (nSPS) is 12.5. The van der Waals surface area contributed by atoms with Gasteiger partial charge in [-0.15, -0.1) is 0 Å². The van der Waals surface area contributed by atoms with Crippen LogP contribution in [0.3, 0.4) is 0 Å². The van der Waals surface area contributed by atoms with Crippen molar-refractivity contribution in [3.05, 3.63) is 5.83 Å². The molecule has 0 fully saturated rings. The van der Waals surface area contributed by atoms with E-state index in [2.05, 4.69) is 0 Å². The van der Waals surface area contributed by atoms with Crippen molar-refractivity contribution in [2.45, 2.75) is 12.1 Å². The molecule has 0 aliphatic heterocycles. The minimum atomic E-state index is -6.09. The highest BCUT2D eigenvalue weighted by Gasteiger charge is 2.62. The molecule has 0 radical (unpaired) electrons. The second-order valence-corrected chi connectivity index (χ2v) is 1.49. The minimum absolute atomic E-state index is 0.158. The van der Waals surface area contributed by atoms with Crippen LogP contribution in [0.25, 0.3) is 0 Å². The van der Waals surface area contributed by atoms with Crippen molar-refractivity contribution in [2.75, 3.05) is 0 Å². The zero-order chi connectivity index (χ0) is 9.28. The fourth-order valence-electron chi connectivity index (χ4n) is 0.189. The van der Waals surface area contributed by atoms with Gasteiger partial charge in [-0.05, 0) is 0 Å². The number of alkyl halides is 5. The molecule has 0 atom stereocenters. The van der Waals surface area contributed by atoms with Crippen LogP contribution in [0, 0.1) is 0 Å². The molecule has 0 heterocycles. The van der Waals surface area contributed by atoms with Crippen LogP contribution in [0.4, 0.5) is 26.3 Å². The van der Waals surface area contributed by atoms with Crippen LogP contribution in [0.5, 0.6) is 0 Å². The van der Waals surface area contributed by atoms with Gasteiger partial charge in [0.2, 0.25) is 0 Å². The third-order valence-electron chi connectivity index (χ3n) is 0.721. The van der Waals surface area contributed by atoms with Crippen LogP contribution in [-0.2, 0) is 4.79 Å². The summed E-state index contributed by atoms with van der Waals surface area (Å²) in [6.07, 6.45) is -6.09. The molecule has 0 unspecified atom stereocenters. The van der Waals surface area contributed by atoms with Gasteiger partial charge in [0.05, 0.1) is 0 Å². The molecule has 1 nitrogen and oxygen atoms in total. The second kappa shape index (κ2) is 2.58. The minimum Gasteiger partial charge on any atom is -0.230 e. The summed E-state index contributed by atoms with van der Waals surface area (Å²) in [5.74, 6) is -9.05. The average Bonchev–Trinajstić information content (AvgIpc) is 1.83. The fourth-order valence-corrected chi connectivity index (χ4v) is 0.189. The predicted octanol–water partition coefficient (Wildman–Crippen LogP) is 1.87. The van der Waals surface area contributed by atoms with E-state index in [1.54, 1.807) is 0 Å². The molecule has 0 aromatic carbocycles. The van der Waals surface area contributed by atoms with Crippen molar-refractivity contribution in [2.24, 2.45) is 0 Å². The van der Waals surface area contributed by atoms with Gasteiger partial charge in [0.15, 0.2) is 5.94 Å². The summed E-state index contributed by atoms with van der Waals surface area (Å²) in [5.41, 5.74) is 0. The summed E-state index contributed by atoms with van der Waals surface area (Å²) >= 11 is 0. The Morgan fingerprint density at radius 1 is 1.09 bits per heavy atom. The third-order valence-corrected chi connectivity index (χ3v) is 0.721. The van der Waals surface area contributed by atoms with Crippen LogP contribution >= 0.6 is 0 Å². The van der Waals surface area contributed by atoms with E-state index in [-0.39, 0.29) is 5.94 Å². The van der Waals surface area contributed by atoms with Crippen LogP contribution in [0.1, 0.15) is 0 Å². The summed E-state index contributed by atoms with van der Waals surface area (Å²) in [7, 11) is 0. The van der Waals surface area contributed by atoms with Crippen molar-refractivity contribution < 1.29 is 31.1 Å². The molecule has 0 rings (SSSR count). The maximum Gasteiger partial charge on any atom is 0.461 e. The zero-order valence-corrected chi connectivity index (χ0v) is 4.68. The standard InChI is InChI=1S/C4F6O/c5-2(1-11)3(6,7)4(8,9)10. The van der Waals surface area contributed by atoms with E-state index >= 15 is 0 Å². The van der Waals surface area contributed by atoms with E-state index in [1.807, 2.05) is 0 Å². The van der Waals surface area contributed by atoms with Crippen molar-refractivity contribution in [3.63, 3.8) is 0 Å². The molecule has 0 aromatic rings. The molecule has 0 saturated heterocycles. The number of allylic oxidation sites excluding steroid dienone is 1. The molecule has 7 heteroatoms. The second-order valence-electron chi connectivity index (χ2n) is 1.49. The predicted molar refractivity (Wildman–Crippen MR) is 21.3 cm³/mol. The van der Waals surface area contributed by atoms with Crippen LogP contribution in [-0.4, -0.2) is 18.0 Å². The molecule has 0 aromatic heterocycles. The smallest absolute Gasteiger partial charge is 0.230 e. The Hall–Kier alpha value is -0.970. The number of halogens is 6. The Balaban J connectivity index is 4.89. The first kappa shape index (κ1) is 10.0. The lowest BCUT2D eigenvalue weighted by Crippen LogP contribution is -2.37. The van der Waals surface area contributed by atoms with E-state index in [4.69, 9.17) is 4.79 Å². The molecular formula is C4F6O. The molecule has 0 bridgehead atoms. The summed E-state index contributed by atoms with van der Waals surface area (Å²) < 4.78 is 67.7. The van der Waals surface area contributed by atoms with Crippen LogP contribution < -0.4 is 0 Å². The molecule has 64 valence electrons. The van der Waals surface area contributed by atoms with Gasteiger partial charge in [0.25, 0.3) is 5.83 Å². The summed E-state index contributed by atoms with van der Waals surface area (Å²) in [6.45, 7) is 0. The van der Waals surface area contributed by atoms with E-state index in [1.165, 1.54) is 0 Å². The monoisotopic (exact) mass is 178 g/mol. The first-order chi connectivity index (χ1) is 4.73. The summed E-state index contributed by atoms with van der Waals surface area (Å²) in [5, 5.41) is 0. The number of carbonyl (C=O) groups excluding carboxylic acids is 1. The molecule has 0 saturated carbocycles. The Morgan fingerprint density at radius 2 is 1.45 bits per heavy atom. The SMILES string of the molecule is O=C=C(F)C(F)(F)C(F)(F)F. The van der Waals surface area contributed by atoms with Gasteiger partial charge in [-0.2, -0.15) is 26.3 Å². The van der Waals surface area contributed by atoms with Crippen molar-refractivity contribution >= 4 is 5.94 Å². The maximum absolute atomic E-state index is 11.5. The largest absolute Gasteiger partial charge is 0.461 e. The van der Waals surface area contributed by atoms with E-state index in [0.29, 0.717) is 0 Å². The molecule has 0 N–H and O–H groups in total. The Kier molecular flexibility index (Phi) is 2.35.